The van der Waals surface area contributed by atoms with Crippen molar-refractivity contribution in [2.24, 2.45) is 5.41 Å². The Morgan fingerprint density at radius 3 is 2.53 bits per heavy atom. The third-order valence-corrected chi connectivity index (χ3v) is 4.31. The smallest absolute Gasteiger partial charge is 0.0560 e. The molecule has 0 bridgehead atoms. The van der Waals surface area contributed by atoms with Crippen LogP contribution in [0.3, 0.4) is 0 Å². The van der Waals surface area contributed by atoms with E-state index in [2.05, 4.69) is 4.90 Å². The summed E-state index contributed by atoms with van der Waals surface area (Å²) in [5.74, 6) is 0. The zero-order valence-electron chi connectivity index (χ0n) is 11.4. The van der Waals surface area contributed by atoms with E-state index in [0.29, 0.717) is 0 Å². The van der Waals surface area contributed by atoms with Gasteiger partial charge in [-0.25, -0.2) is 0 Å². The molecule has 0 aliphatic carbocycles. The molecule has 4 N–H and O–H groups in total. The molecular weight excluding hydrogens is 238 g/mol. The first-order chi connectivity index (χ1) is 9.17. The number of hydrogen-bond acceptors (Lipinski definition) is 4. The van der Waals surface area contributed by atoms with Gasteiger partial charge in [-0.15, -0.1) is 0 Å². The van der Waals surface area contributed by atoms with Crippen molar-refractivity contribution in [2.45, 2.75) is 19.3 Å². The number of benzene rings is 1. The molecule has 19 heavy (non-hydrogen) atoms. The molecule has 104 valence electrons. The minimum atomic E-state index is 0.242. The fourth-order valence-corrected chi connectivity index (χ4v) is 3.24. The van der Waals surface area contributed by atoms with Gasteiger partial charge in [0.1, 0.15) is 0 Å². The third-order valence-electron chi connectivity index (χ3n) is 4.31. The minimum Gasteiger partial charge on any atom is -0.399 e. The molecule has 4 nitrogen and oxygen atoms in total. The van der Waals surface area contributed by atoms with Gasteiger partial charge in [0.2, 0.25) is 0 Å². The van der Waals surface area contributed by atoms with Crippen molar-refractivity contribution in [3.63, 3.8) is 0 Å². The normalized spacial score (nSPS) is 22.3. The molecule has 2 aliphatic rings. The number of nitrogen functional groups attached to an aromatic ring is 2. The van der Waals surface area contributed by atoms with E-state index in [-0.39, 0.29) is 5.41 Å². The Bertz CT molecular complexity index is 451. The molecule has 0 amide bonds. The molecule has 0 radical (unpaired) electrons. The van der Waals surface area contributed by atoms with Crippen LogP contribution < -0.4 is 11.5 Å². The van der Waals surface area contributed by atoms with Crippen LogP contribution >= 0.6 is 0 Å². The third kappa shape index (κ3) is 2.69. The predicted molar refractivity (Wildman–Crippen MR) is 77.9 cm³/mol. The van der Waals surface area contributed by atoms with Crippen LogP contribution in [-0.2, 0) is 11.2 Å². The van der Waals surface area contributed by atoms with Crippen molar-refractivity contribution in [3.05, 3.63) is 23.8 Å². The average Bonchev–Trinajstić information content (AvgIpc) is 2.83. The molecular formula is C15H23N3O. The SMILES string of the molecule is Nc1ccc(N)c(CC2(CN3CCCC3)COC2)c1. The molecule has 2 heterocycles. The van der Waals surface area contributed by atoms with E-state index in [0.717, 1.165) is 37.6 Å². The average molecular weight is 261 g/mol. The van der Waals surface area contributed by atoms with Crippen LogP contribution in [0, 0.1) is 5.41 Å². The second-order valence-electron chi connectivity index (χ2n) is 6.11. The molecule has 2 saturated heterocycles. The number of anilines is 2. The van der Waals surface area contributed by atoms with Crippen molar-refractivity contribution in [1.29, 1.82) is 0 Å². The topological polar surface area (TPSA) is 64.5 Å². The van der Waals surface area contributed by atoms with Gasteiger partial charge < -0.3 is 21.1 Å². The van der Waals surface area contributed by atoms with Crippen molar-refractivity contribution in [3.8, 4) is 0 Å². The lowest BCUT2D eigenvalue weighted by Gasteiger charge is -2.44. The summed E-state index contributed by atoms with van der Waals surface area (Å²) in [7, 11) is 0. The van der Waals surface area contributed by atoms with Crippen LogP contribution in [-0.4, -0.2) is 37.7 Å². The van der Waals surface area contributed by atoms with Crippen LogP contribution in [0.25, 0.3) is 0 Å². The molecule has 4 heteroatoms. The highest BCUT2D eigenvalue weighted by molar-refractivity contribution is 5.55. The van der Waals surface area contributed by atoms with E-state index >= 15 is 0 Å². The number of nitrogens with two attached hydrogens (primary N) is 2. The number of hydrogen-bond donors (Lipinski definition) is 2. The first-order valence-corrected chi connectivity index (χ1v) is 7.11. The maximum Gasteiger partial charge on any atom is 0.0560 e. The summed E-state index contributed by atoms with van der Waals surface area (Å²) in [4.78, 5) is 2.56. The summed E-state index contributed by atoms with van der Waals surface area (Å²) >= 11 is 0. The molecule has 0 atom stereocenters. The van der Waals surface area contributed by atoms with Crippen LogP contribution in [0.1, 0.15) is 18.4 Å². The predicted octanol–water partition coefficient (Wildman–Crippen LogP) is 1.51. The Labute approximate surface area is 114 Å². The van der Waals surface area contributed by atoms with Crippen molar-refractivity contribution in [1.82, 2.24) is 4.90 Å². The summed E-state index contributed by atoms with van der Waals surface area (Å²) in [6.45, 7) is 5.28. The lowest BCUT2D eigenvalue weighted by molar-refractivity contribution is -0.123. The largest absolute Gasteiger partial charge is 0.399 e. The first kappa shape index (κ1) is 12.8. The van der Waals surface area contributed by atoms with Gasteiger partial charge in [-0.1, -0.05) is 0 Å². The van der Waals surface area contributed by atoms with Gasteiger partial charge in [-0.3, -0.25) is 0 Å². The molecule has 3 rings (SSSR count). The van der Waals surface area contributed by atoms with Gasteiger partial charge in [-0.05, 0) is 56.1 Å². The van der Waals surface area contributed by atoms with Crippen LogP contribution in [0.4, 0.5) is 11.4 Å². The lowest BCUT2D eigenvalue weighted by Crippen LogP contribution is -2.51. The summed E-state index contributed by atoms with van der Waals surface area (Å²) in [6, 6.07) is 5.79. The van der Waals surface area contributed by atoms with E-state index < -0.39 is 0 Å². The van der Waals surface area contributed by atoms with Gasteiger partial charge in [0.15, 0.2) is 0 Å². The number of nitrogens with zero attached hydrogens (tertiary/aromatic N) is 1. The monoisotopic (exact) mass is 261 g/mol. The highest BCUT2D eigenvalue weighted by atomic mass is 16.5. The van der Waals surface area contributed by atoms with Gasteiger partial charge in [-0.2, -0.15) is 0 Å². The number of likely N-dealkylation sites (tertiary alicyclic amines) is 1. The number of ether oxygens (including phenoxy) is 1. The van der Waals surface area contributed by atoms with E-state index in [1.54, 1.807) is 0 Å². The van der Waals surface area contributed by atoms with Gasteiger partial charge in [0, 0.05) is 23.3 Å². The lowest BCUT2D eigenvalue weighted by atomic mass is 9.79. The standard InChI is InChI=1S/C15H23N3O/c16-13-3-4-14(17)12(7-13)8-15(10-19-11-15)9-18-5-1-2-6-18/h3-4,7H,1-2,5-6,8-11,16-17H2. The fourth-order valence-electron chi connectivity index (χ4n) is 3.24. The summed E-state index contributed by atoms with van der Waals surface area (Å²) in [5.41, 5.74) is 15.0. The van der Waals surface area contributed by atoms with Gasteiger partial charge in [0.25, 0.3) is 0 Å². The Hall–Kier alpha value is -1.26. The zero-order chi connectivity index (χ0) is 13.3. The molecule has 0 spiro atoms. The van der Waals surface area contributed by atoms with Crippen molar-refractivity contribution in [2.75, 3.05) is 44.3 Å². The zero-order valence-corrected chi connectivity index (χ0v) is 11.4. The highest BCUT2D eigenvalue weighted by Gasteiger charge is 2.40. The second-order valence-corrected chi connectivity index (χ2v) is 6.11. The highest BCUT2D eigenvalue weighted by Crippen LogP contribution is 2.35. The Balaban J connectivity index is 1.73. The van der Waals surface area contributed by atoms with Gasteiger partial charge in [0.05, 0.1) is 13.2 Å². The molecule has 1 aromatic carbocycles. The molecule has 0 unspecified atom stereocenters. The van der Waals surface area contributed by atoms with E-state index in [1.165, 1.54) is 31.5 Å². The summed E-state index contributed by atoms with van der Waals surface area (Å²) in [6.07, 6.45) is 3.63. The maximum absolute atomic E-state index is 6.07. The molecule has 2 aliphatic heterocycles. The van der Waals surface area contributed by atoms with E-state index in [9.17, 15) is 0 Å². The maximum atomic E-state index is 6.07. The Kier molecular flexibility index (Phi) is 3.37. The van der Waals surface area contributed by atoms with E-state index in [4.69, 9.17) is 16.2 Å². The quantitative estimate of drug-likeness (QED) is 0.806. The van der Waals surface area contributed by atoms with Crippen LogP contribution in [0.15, 0.2) is 18.2 Å². The number of rotatable bonds is 4. The molecule has 0 saturated carbocycles. The Morgan fingerprint density at radius 1 is 1.16 bits per heavy atom. The fraction of sp³-hybridized carbons (Fsp3) is 0.600. The summed E-state index contributed by atoms with van der Waals surface area (Å²) in [5, 5.41) is 0. The minimum absolute atomic E-state index is 0.242. The second kappa shape index (κ2) is 5.02. The molecule has 1 aromatic rings. The molecule has 2 fully saturated rings. The summed E-state index contributed by atoms with van der Waals surface area (Å²) < 4.78 is 5.49. The van der Waals surface area contributed by atoms with E-state index in [1.807, 2.05) is 18.2 Å². The first-order valence-electron chi connectivity index (χ1n) is 7.11. The van der Waals surface area contributed by atoms with Crippen molar-refractivity contribution < 1.29 is 4.74 Å². The van der Waals surface area contributed by atoms with Crippen LogP contribution in [0.2, 0.25) is 0 Å². The van der Waals surface area contributed by atoms with Gasteiger partial charge >= 0.3 is 0 Å². The molecule has 0 aromatic heterocycles. The van der Waals surface area contributed by atoms with Crippen molar-refractivity contribution >= 4 is 11.4 Å². The van der Waals surface area contributed by atoms with Crippen LogP contribution in [0.5, 0.6) is 0 Å². The Morgan fingerprint density at radius 2 is 1.89 bits per heavy atom.